The maximum absolute atomic E-state index is 12.2. The van der Waals surface area contributed by atoms with Gasteiger partial charge in [0, 0.05) is 55.3 Å². The van der Waals surface area contributed by atoms with Crippen molar-refractivity contribution in [1.82, 2.24) is 20.2 Å². The van der Waals surface area contributed by atoms with Crippen molar-refractivity contribution in [3.8, 4) is 0 Å². The van der Waals surface area contributed by atoms with Crippen molar-refractivity contribution in [2.24, 2.45) is 5.92 Å². The Kier molecular flexibility index (Phi) is 6.58. The van der Waals surface area contributed by atoms with E-state index in [4.69, 9.17) is 9.97 Å². The Balaban J connectivity index is 1.37. The second-order valence-electron chi connectivity index (χ2n) is 8.47. The number of carbonyl (C=O) groups excluding carboxylic acids is 1. The summed E-state index contributed by atoms with van der Waals surface area (Å²) in [6.07, 6.45) is 2.49. The lowest BCUT2D eigenvalue weighted by atomic mass is 10.1. The lowest BCUT2D eigenvalue weighted by Crippen LogP contribution is -2.45. The first-order valence-electron chi connectivity index (χ1n) is 10.8. The van der Waals surface area contributed by atoms with Gasteiger partial charge in [-0.25, -0.2) is 9.97 Å². The second-order valence-corrected chi connectivity index (χ2v) is 9.41. The van der Waals surface area contributed by atoms with Crippen LogP contribution in [0.4, 0.5) is 5.82 Å². The molecule has 1 aliphatic carbocycles. The number of aromatic nitrogens is 2. The first-order valence-corrected chi connectivity index (χ1v) is 11.8. The van der Waals surface area contributed by atoms with E-state index in [1.807, 2.05) is 24.3 Å². The van der Waals surface area contributed by atoms with Gasteiger partial charge in [0.2, 0.25) is 0 Å². The van der Waals surface area contributed by atoms with E-state index in [0.29, 0.717) is 5.92 Å². The van der Waals surface area contributed by atoms with Gasteiger partial charge in [-0.15, -0.1) is 0 Å². The molecular weight excluding hydrogens is 394 g/mol. The largest absolute Gasteiger partial charge is 0.354 e. The zero-order valence-corrected chi connectivity index (χ0v) is 19.0. The van der Waals surface area contributed by atoms with Gasteiger partial charge < -0.3 is 15.1 Å². The summed E-state index contributed by atoms with van der Waals surface area (Å²) in [6.45, 7) is 9.11. The molecule has 1 aliphatic heterocycles. The molecule has 0 unspecified atom stereocenters. The maximum atomic E-state index is 12.2. The fraction of sp³-hybridized carbons (Fsp3) is 0.522. The van der Waals surface area contributed by atoms with E-state index < -0.39 is 0 Å². The van der Waals surface area contributed by atoms with Gasteiger partial charge in [-0.05, 0) is 57.4 Å². The summed E-state index contributed by atoms with van der Waals surface area (Å²) in [6, 6.07) is 7.88. The molecule has 2 fully saturated rings. The van der Waals surface area contributed by atoms with Gasteiger partial charge >= 0.3 is 0 Å². The van der Waals surface area contributed by atoms with E-state index >= 15 is 0 Å². The smallest absolute Gasteiger partial charge is 0.251 e. The molecule has 0 spiro atoms. The topological polar surface area (TPSA) is 61.4 Å². The normalized spacial score (nSPS) is 17.2. The number of nitrogens with one attached hydrogen (secondary N) is 1. The van der Waals surface area contributed by atoms with Gasteiger partial charge in [0.25, 0.3) is 5.91 Å². The highest BCUT2D eigenvalue weighted by molar-refractivity contribution is 7.98. The number of rotatable bonds is 7. The molecule has 4 rings (SSSR count). The third-order valence-electron chi connectivity index (χ3n) is 5.98. The molecule has 1 N–H and O–H groups in total. The number of benzene rings is 1. The Morgan fingerprint density at radius 2 is 1.80 bits per heavy atom. The first kappa shape index (κ1) is 21.1. The number of amides is 1. The van der Waals surface area contributed by atoms with E-state index in [0.717, 1.165) is 60.7 Å². The summed E-state index contributed by atoms with van der Waals surface area (Å²) in [5.41, 5.74) is 4.11. The molecule has 1 aromatic carbocycles. The van der Waals surface area contributed by atoms with Gasteiger partial charge in [-0.3, -0.25) is 4.79 Å². The van der Waals surface area contributed by atoms with Crippen LogP contribution in [0.15, 0.2) is 29.4 Å². The number of anilines is 1. The summed E-state index contributed by atoms with van der Waals surface area (Å²) in [5, 5.41) is 3.84. The minimum Gasteiger partial charge on any atom is -0.354 e. The van der Waals surface area contributed by atoms with Crippen molar-refractivity contribution in [3.63, 3.8) is 0 Å². The Morgan fingerprint density at radius 3 is 2.47 bits per heavy atom. The number of hydrogen-bond donors (Lipinski definition) is 1. The third-order valence-corrected chi connectivity index (χ3v) is 6.90. The van der Waals surface area contributed by atoms with Crippen molar-refractivity contribution in [2.45, 2.75) is 37.6 Å². The molecule has 2 aromatic rings. The highest BCUT2D eigenvalue weighted by Crippen LogP contribution is 2.28. The maximum Gasteiger partial charge on any atom is 0.251 e. The van der Waals surface area contributed by atoms with E-state index in [9.17, 15) is 4.79 Å². The van der Waals surface area contributed by atoms with Gasteiger partial charge in [0.1, 0.15) is 5.82 Å². The lowest BCUT2D eigenvalue weighted by molar-refractivity contribution is 0.0952. The average molecular weight is 426 g/mol. The Hall–Kier alpha value is -2.12. The second kappa shape index (κ2) is 9.35. The zero-order chi connectivity index (χ0) is 21.1. The van der Waals surface area contributed by atoms with Crippen molar-refractivity contribution >= 4 is 23.5 Å². The SMILES string of the molecule is Cc1nc(SCc2ccc(C(=O)NCC3CC3)cc2)nc(N2CCN(C)CC2)c1C. The highest BCUT2D eigenvalue weighted by Gasteiger charge is 2.22. The summed E-state index contributed by atoms with van der Waals surface area (Å²) >= 11 is 1.65. The summed E-state index contributed by atoms with van der Waals surface area (Å²) < 4.78 is 0. The quantitative estimate of drug-likeness (QED) is 0.543. The standard InChI is InChI=1S/C23H31N5OS/c1-16-17(2)25-23(26-21(16)28-12-10-27(3)11-13-28)30-15-19-6-8-20(9-7-19)22(29)24-14-18-4-5-18/h6-9,18H,4-5,10-15H2,1-3H3,(H,24,29). The summed E-state index contributed by atoms with van der Waals surface area (Å²) in [4.78, 5) is 26.5. The van der Waals surface area contributed by atoms with Crippen molar-refractivity contribution in [3.05, 3.63) is 46.6 Å². The van der Waals surface area contributed by atoms with Crippen LogP contribution in [-0.4, -0.2) is 60.5 Å². The molecule has 0 atom stereocenters. The minimum absolute atomic E-state index is 0.0235. The number of carbonyl (C=O) groups is 1. The van der Waals surface area contributed by atoms with Gasteiger partial charge in [0.15, 0.2) is 5.16 Å². The van der Waals surface area contributed by atoms with Gasteiger partial charge in [-0.2, -0.15) is 0 Å². The van der Waals surface area contributed by atoms with Crippen LogP contribution in [0.2, 0.25) is 0 Å². The number of thioether (sulfide) groups is 1. The van der Waals surface area contributed by atoms with Crippen molar-refractivity contribution in [1.29, 1.82) is 0 Å². The molecule has 2 aliphatic rings. The summed E-state index contributed by atoms with van der Waals surface area (Å²) in [7, 11) is 2.17. The molecule has 30 heavy (non-hydrogen) atoms. The molecule has 1 saturated heterocycles. The van der Waals surface area contributed by atoms with E-state index in [1.54, 1.807) is 11.8 Å². The third kappa shape index (κ3) is 5.32. The molecule has 2 heterocycles. The molecule has 6 nitrogen and oxygen atoms in total. The number of hydrogen-bond acceptors (Lipinski definition) is 6. The van der Waals surface area contributed by atoms with Crippen LogP contribution in [-0.2, 0) is 5.75 Å². The first-order chi connectivity index (χ1) is 14.5. The van der Waals surface area contributed by atoms with Crippen LogP contribution >= 0.6 is 11.8 Å². The Labute approximate surface area is 183 Å². The van der Waals surface area contributed by atoms with Crippen LogP contribution in [0.1, 0.15) is 40.0 Å². The van der Waals surface area contributed by atoms with Crippen molar-refractivity contribution < 1.29 is 4.79 Å². The molecule has 7 heteroatoms. The molecule has 0 bridgehead atoms. The fourth-order valence-electron chi connectivity index (χ4n) is 3.54. The lowest BCUT2D eigenvalue weighted by Gasteiger charge is -2.34. The fourth-order valence-corrected chi connectivity index (χ4v) is 4.38. The molecule has 160 valence electrons. The van der Waals surface area contributed by atoms with Gasteiger partial charge in [0.05, 0.1) is 0 Å². The molecule has 1 amide bonds. The van der Waals surface area contributed by atoms with Crippen LogP contribution in [0.25, 0.3) is 0 Å². The van der Waals surface area contributed by atoms with E-state index in [-0.39, 0.29) is 5.91 Å². The molecular formula is C23H31N5OS. The highest BCUT2D eigenvalue weighted by atomic mass is 32.2. The van der Waals surface area contributed by atoms with Crippen LogP contribution in [0.5, 0.6) is 0 Å². The predicted molar refractivity (Wildman–Crippen MR) is 122 cm³/mol. The van der Waals surface area contributed by atoms with Crippen molar-refractivity contribution in [2.75, 3.05) is 44.7 Å². The molecule has 1 aromatic heterocycles. The monoisotopic (exact) mass is 425 g/mol. The average Bonchev–Trinajstić information content (AvgIpc) is 3.58. The number of aryl methyl sites for hydroxylation is 1. The van der Waals surface area contributed by atoms with Crippen LogP contribution in [0.3, 0.4) is 0 Å². The zero-order valence-electron chi connectivity index (χ0n) is 18.1. The Morgan fingerprint density at radius 1 is 1.10 bits per heavy atom. The number of piperazine rings is 1. The molecule has 1 saturated carbocycles. The number of nitrogens with zero attached hydrogens (tertiary/aromatic N) is 4. The van der Waals surface area contributed by atoms with Crippen LogP contribution < -0.4 is 10.2 Å². The predicted octanol–water partition coefficient (Wildman–Crippen LogP) is 3.28. The Bertz CT molecular complexity index is 889. The minimum atomic E-state index is 0.0235. The van der Waals surface area contributed by atoms with E-state index in [2.05, 4.69) is 36.0 Å². The van der Waals surface area contributed by atoms with Crippen LogP contribution in [0, 0.1) is 19.8 Å². The number of likely N-dealkylation sites (N-methyl/N-ethyl adjacent to an activating group) is 1. The molecule has 0 radical (unpaired) electrons. The summed E-state index contributed by atoms with van der Waals surface area (Å²) in [5.74, 6) is 2.57. The van der Waals surface area contributed by atoms with E-state index in [1.165, 1.54) is 24.0 Å². The van der Waals surface area contributed by atoms with Gasteiger partial charge in [-0.1, -0.05) is 23.9 Å².